The number of ether oxygens (including phenoxy) is 1. The third-order valence-electron chi connectivity index (χ3n) is 5.15. The average molecular weight is 481 g/mol. The highest BCUT2D eigenvalue weighted by atomic mass is 19.4. The number of benzene rings is 2. The Kier molecular flexibility index (Phi) is 10.1. The van der Waals surface area contributed by atoms with Crippen molar-refractivity contribution in [2.75, 3.05) is 7.11 Å². The molecule has 0 saturated carbocycles. The van der Waals surface area contributed by atoms with Crippen LogP contribution >= 0.6 is 0 Å². The summed E-state index contributed by atoms with van der Waals surface area (Å²) >= 11 is 0. The normalized spacial score (nSPS) is 11.0. The molecule has 0 saturated heterocycles. The van der Waals surface area contributed by atoms with E-state index in [1.165, 1.54) is 11.6 Å². The van der Waals surface area contributed by atoms with Gasteiger partial charge >= 0.3 is 12.1 Å². The van der Waals surface area contributed by atoms with Gasteiger partial charge in [-0.05, 0) is 43.0 Å². The van der Waals surface area contributed by atoms with Crippen molar-refractivity contribution in [3.8, 4) is 17.0 Å². The number of nitrogens with zero attached hydrogens (tertiary/aromatic N) is 2. The van der Waals surface area contributed by atoms with Crippen LogP contribution < -0.4 is 4.74 Å². The lowest BCUT2D eigenvalue weighted by Gasteiger charge is -2.12. The first kappa shape index (κ1) is 26.9. The molecule has 1 aromatic heterocycles. The molecule has 0 aliphatic carbocycles. The van der Waals surface area contributed by atoms with Crippen LogP contribution in [0.2, 0.25) is 0 Å². The minimum atomic E-state index is -5.08. The Bertz CT molecular complexity index is 1060. The van der Waals surface area contributed by atoms with E-state index in [0.717, 1.165) is 55.8 Å². The van der Waals surface area contributed by atoms with E-state index in [4.69, 9.17) is 14.6 Å². The number of carbonyl (C=O) groups is 1. The van der Waals surface area contributed by atoms with E-state index in [1.54, 1.807) is 13.2 Å². The predicted molar refractivity (Wildman–Crippen MR) is 121 cm³/mol. The number of hydrogen-bond donors (Lipinski definition) is 1. The Morgan fingerprint density at radius 3 is 2.32 bits per heavy atom. The van der Waals surface area contributed by atoms with E-state index in [9.17, 15) is 17.6 Å². The molecule has 1 N–H and O–H groups in total. The fourth-order valence-electron chi connectivity index (χ4n) is 3.43. The summed E-state index contributed by atoms with van der Waals surface area (Å²) in [5.41, 5.74) is 3.63. The van der Waals surface area contributed by atoms with Gasteiger partial charge in [-0.3, -0.25) is 0 Å². The standard InChI is InChI=1S/C23H27FN2O.C2HF3O2/c1-3-4-5-13-21-23(19-11-7-8-12-20(19)24)25-17-26(21)16-15-18-10-6-9-14-22(18)27-2;3-2(4,5)1(6)7/h6-12,14,17H,3-5,13,15-16H2,1-2H3;(H,6,7). The van der Waals surface area contributed by atoms with Crippen LogP contribution in [-0.4, -0.2) is 33.9 Å². The van der Waals surface area contributed by atoms with Crippen molar-refractivity contribution in [3.05, 3.63) is 71.9 Å². The Morgan fingerprint density at radius 2 is 1.71 bits per heavy atom. The molecule has 0 unspecified atom stereocenters. The van der Waals surface area contributed by atoms with Crippen LogP contribution in [0.1, 0.15) is 37.4 Å². The largest absolute Gasteiger partial charge is 0.496 e. The number of methoxy groups -OCH3 is 1. The maximum absolute atomic E-state index is 14.3. The van der Waals surface area contributed by atoms with Crippen molar-refractivity contribution in [2.24, 2.45) is 0 Å². The van der Waals surface area contributed by atoms with E-state index < -0.39 is 12.1 Å². The first-order valence-corrected chi connectivity index (χ1v) is 10.9. The molecule has 2 aromatic carbocycles. The molecule has 1 heterocycles. The molecule has 0 amide bonds. The molecule has 0 fully saturated rings. The van der Waals surface area contributed by atoms with E-state index in [0.29, 0.717) is 5.56 Å². The van der Waals surface area contributed by atoms with Gasteiger partial charge in [0, 0.05) is 17.8 Å². The fraction of sp³-hybridized carbons (Fsp3) is 0.360. The van der Waals surface area contributed by atoms with Gasteiger partial charge < -0.3 is 14.4 Å². The zero-order valence-electron chi connectivity index (χ0n) is 19.1. The summed E-state index contributed by atoms with van der Waals surface area (Å²) in [6.45, 7) is 2.99. The van der Waals surface area contributed by atoms with Crippen LogP contribution in [0.3, 0.4) is 0 Å². The number of unbranched alkanes of at least 4 members (excludes halogenated alkanes) is 2. The fourth-order valence-corrected chi connectivity index (χ4v) is 3.43. The second-order valence-corrected chi connectivity index (χ2v) is 7.53. The Labute approximate surface area is 196 Å². The Balaban J connectivity index is 0.000000509. The summed E-state index contributed by atoms with van der Waals surface area (Å²) in [6, 6.07) is 15.0. The predicted octanol–water partition coefficient (Wildman–Crippen LogP) is 6.31. The SMILES string of the molecule is CCCCCc1c(-c2ccccc2F)ncn1CCc1ccccc1OC.O=C(O)C(F)(F)F. The average Bonchev–Trinajstić information content (AvgIpc) is 3.20. The molecule has 34 heavy (non-hydrogen) atoms. The quantitative estimate of drug-likeness (QED) is 0.288. The van der Waals surface area contributed by atoms with Gasteiger partial charge in [-0.1, -0.05) is 50.1 Å². The van der Waals surface area contributed by atoms with E-state index in [1.807, 2.05) is 36.7 Å². The second-order valence-electron chi connectivity index (χ2n) is 7.53. The van der Waals surface area contributed by atoms with Gasteiger partial charge in [-0.2, -0.15) is 13.2 Å². The summed E-state index contributed by atoms with van der Waals surface area (Å²) in [5.74, 6) is -2.07. The summed E-state index contributed by atoms with van der Waals surface area (Å²) in [4.78, 5) is 13.5. The van der Waals surface area contributed by atoms with Crippen molar-refractivity contribution in [1.82, 2.24) is 9.55 Å². The molecule has 0 spiro atoms. The minimum absolute atomic E-state index is 0.218. The van der Waals surface area contributed by atoms with Crippen molar-refractivity contribution in [2.45, 2.75) is 51.7 Å². The van der Waals surface area contributed by atoms with Crippen molar-refractivity contribution in [3.63, 3.8) is 0 Å². The van der Waals surface area contributed by atoms with Gasteiger partial charge in [-0.25, -0.2) is 14.2 Å². The molecule has 9 heteroatoms. The molecule has 184 valence electrons. The topological polar surface area (TPSA) is 64.4 Å². The van der Waals surface area contributed by atoms with Crippen molar-refractivity contribution >= 4 is 5.97 Å². The Morgan fingerprint density at radius 1 is 1.06 bits per heavy atom. The molecule has 0 aliphatic rings. The lowest BCUT2D eigenvalue weighted by Crippen LogP contribution is -2.21. The molecule has 0 bridgehead atoms. The Hall–Kier alpha value is -3.36. The van der Waals surface area contributed by atoms with E-state index in [-0.39, 0.29) is 5.82 Å². The number of aliphatic carboxylic acids is 1. The van der Waals surface area contributed by atoms with Crippen LogP contribution in [0.15, 0.2) is 54.9 Å². The molecule has 3 rings (SSSR count). The zero-order chi connectivity index (χ0) is 25.1. The molecular formula is C25H28F4N2O3. The van der Waals surface area contributed by atoms with Crippen LogP contribution in [0, 0.1) is 5.82 Å². The zero-order valence-corrected chi connectivity index (χ0v) is 19.1. The number of hydrogen-bond acceptors (Lipinski definition) is 3. The number of carboxylic acid groups (broad SMARTS) is 1. The first-order chi connectivity index (χ1) is 16.2. The highest BCUT2D eigenvalue weighted by molar-refractivity contribution is 5.73. The number of para-hydroxylation sites is 1. The first-order valence-electron chi connectivity index (χ1n) is 10.9. The van der Waals surface area contributed by atoms with Gasteiger partial charge in [0.25, 0.3) is 0 Å². The summed E-state index contributed by atoms with van der Waals surface area (Å²) in [5, 5.41) is 7.12. The van der Waals surface area contributed by atoms with Crippen LogP contribution in [-0.2, 0) is 24.2 Å². The molecule has 0 radical (unpaired) electrons. The number of aryl methyl sites for hydroxylation is 2. The molecular weight excluding hydrogens is 452 g/mol. The van der Waals surface area contributed by atoms with Crippen LogP contribution in [0.25, 0.3) is 11.3 Å². The molecule has 0 atom stereocenters. The van der Waals surface area contributed by atoms with Crippen LogP contribution in [0.5, 0.6) is 5.75 Å². The number of rotatable bonds is 9. The number of halogens is 4. The van der Waals surface area contributed by atoms with Crippen molar-refractivity contribution in [1.29, 1.82) is 0 Å². The monoisotopic (exact) mass is 480 g/mol. The third kappa shape index (κ3) is 7.60. The maximum Gasteiger partial charge on any atom is 0.490 e. The van der Waals surface area contributed by atoms with Gasteiger partial charge in [0.2, 0.25) is 0 Å². The highest BCUT2D eigenvalue weighted by Gasteiger charge is 2.38. The summed E-state index contributed by atoms with van der Waals surface area (Å²) < 4.78 is 53.7. The second kappa shape index (κ2) is 12.8. The lowest BCUT2D eigenvalue weighted by molar-refractivity contribution is -0.192. The number of carboxylic acids is 1. The molecule has 0 aliphatic heterocycles. The lowest BCUT2D eigenvalue weighted by atomic mass is 10.0. The number of imidazole rings is 1. The summed E-state index contributed by atoms with van der Waals surface area (Å²) in [6.07, 6.45) is 1.91. The van der Waals surface area contributed by atoms with E-state index >= 15 is 0 Å². The summed E-state index contributed by atoms with van der Waals surface area (Å²) in [7, 11) is 1.70. The number of alkyl halides is 3. The minimum Gasteiger partial charge on any atom is -0.496 e. The van der Waals surface area contributed by atoms with Gasteiger partial charge in [0.15, 0.2) is 0 Å². The highest BCUT2D eigenvalue weighted by Crippen LogP contribution is 2.27. The van der Waals surface area contributed by atoms with Gasteiger partial charge in [0.05, 0.1) is 19.1 Å². The van der Waals surface area contributed by atoms with Crippen LogP contribution in [0.4, 0.5) is 17.6 Å². The van der Waals surface area contributed by atoms with E-state index in [2.05, 4.69) is 22.5 Å². The smallest absolute Gasteiger partial charge is 0.490 e. The third-order valence-corrected chi connectivity index (χ3v) is 5.15. The maximum atomic E-state index is 14.3. The van der Waals surface area contributed by atoms with Gasteiger partial charge in [-0.15, -0.1) is 0 Å². The van der Waals surface area contributed by atoms with Gasteiger partial charge in [0.1, 0.15) is 11.6 Å². The molecule has 3 aromatic rings. The number of aromatic nitrogens is 2. The molecule has 5 nitrogen and oxygen atoms in total. The van der Waals surface area contributed by atoms with Crippen molar-refractivity contribution < 1.29 is 32.2 Å².